The molecule has 5 nitrogen and oxygen atoms in total. The summed E-state index contributed by atoms with van der Waals surface area (Å²) in [5.74, 6) is 0.623. The van der Waals surface area contributed by atoms with Crippen LogP contribution in [0.4, 0.5) is 4.39 Å². The number of hydrogen-bond donors (Lipinski definition) is 3. The SMILES string of the molecule is Oc1ccc(-c2cc(OCC3CNC3)c3cn[nH]c3c2)c(F)c1. The molecule has 0 spiro atoms. The van der Waals surface area contributed by atoms with E-state index in [-0.39, 0.29) is 5.75 Å². The Hall–Kier alpha value is -2.60. The van der Waals surface area contributed by atoms with Crippen LogP contribution in [-0.2, 0) is 0 Å². The van der Waals surface area contributed by atoms with Crippen LogP contribution in [0.1, 0.15) is 0 Å². The summed E-state index contributed by atoms with van der Waals surface area (Å²) in [5, 5.41) is 20.4. The topological polar surface area (TPSA) is 70.2 Å². The number of aromatic nitrogens is 2. The molecule has 1 aliphatic rings. The number of fused-ring (bicyclic) bond motifs is 1. The van der Waals surface area contributed by atoms with E-state index in [1.54, 1.807) is 12.3 Å². The highest BCUT2D eigenvalue weighted by Gasteiger charge is 2.18. The Kier molecular flexibility index (Phi) is 3.38. The first-order valence-corrected chi connectivity index (χ1v) is 7.50. The van der Waals surface area contributed by atoms with Crippen molar-refractivity contribution in [1.29, 1.82) is 0 Å². The molecule has 6 heteroatoms. The molecule has 118 valence electrons. The summed E-state index contributed by atoms with van der Waals surface area (Å²) in [4.78, 5) is 0. The van der Waals surface area contributed by atoms with E-state index in [1.165, 1.54) is 6.07 Å². The lowest BCUT2D eigenvalue weighted by Gasteiger charge is -2.27. The van der Waals surface area contributed by atoms with Crippen LogP contribution < -0.4 is 10.1 Å². The van der Waals surface area contributed by atoms with Crippen LogP contribution in [0.15, 0.2) is 36.5 Å². The third-order valence-corrected chi connectivity index (χ3v) is 4.12. The van der Waals surface area contributed by atoms with Crippen molar-refractivity contribution in [2.75, 3.05) is 19.7 Å². The molecule has 4 rings (SSSR count). The number of nitrogens with zero attached hydrogens (tertiary/aromatic N) is 1. The van der Waals surface area contributed by atoms with Crippen LogP contribution in [0.5, 0.6) is 11.5 Å². The number of nitrogens with one attached hydrogen (secondary N) is 2. The first-order valence-electron chi connectivity index (χ1n) is 7.50. The molecule has 3 N–H and O–H groups in total. The molecular formula is C17H16FN3O2. The van der Waals surface area contributed by atoms with E-state index in [0.29, 0.717) is 29.4 Å². The molecule has 1 saturated heterocycles. The van der Waals surface area contributed by atoms with E-state index in [0.717, 1.165) is 30.1 Å². The van der Waals surface area contributed by atoms with Crippen LogP contribution in [0.2, 0.25) is 0 Å². The standard InChI is InChI=1S/C17H16FN3O2/c18-15-5-12(22)1-2-13(15)11-3-16-14(8-20-21-16)17(4-11)23-9-10-6-19-7-10/h1-5,8,10,19,22H,6-7,9H2,(H,20,21). The predicted molar refractivity (Wildman–Crippen MR) is 85.0 cm³/mol. The second-order valence-electron chi connectivity index (χ2n) is 5.81. The number of aromatic hydroxyl groups is 1. The van der Waals surface area contributed by atoms with Gasteiger partial charge in [0.05, 0.1) is 23.7 Å². The molecule has 0 aliphatic carbocycles. The first kappa shape index (κ1) is 14.0. The Morgan fingerprint density at radius 3 is 2.87 bits per heavy atom. The summed E-state index contributed by atoms with van der Waals surface area (Å²) in [6.45, 7) is 2.54. The van der Waals surface area contributed by atoms with Crippen molar-refractivity contribution in [2.24, 2.45) is 5.92 Å². The molecule has 2 heterocycles. The second-order valence-corrected chi connectivity index (χ2v) is 5.81. The van der Waals surface area contributed by atoms with Gasteiger partial charge < -0.3 is 15.2 Å². The lowest BCUT2D eigenvalue weighted by atomic mass is 10.0. The highest BCUT2D eigenvalue weighted by Crippen LogP contribution is 2.34. The zero-order chi connectivity index (χ0) is 15.8. The van der Waals surface area contributed by atoms with Gasteiger partial charge in [-0.1, -0.05) is 0 Å². The number of rotatable bonds is 4. The number of benzene rings is 2. The van der Waals surface area contributed by atoms with Gasteiger partial charge in [-0.25, -0.2) is 4.39 Å². The Bertz CT molecular complexity index is 858. The van der Waals surface area contributed by atoms with Gasteiger partial charge in [-0.2, -0.15) is 5.10 Å². The fraction of sp³-hybridized carbons (Fsp3) is 0.235. The smallest absolute Gasteiger partial charge is 0.134 e. The summed E-state index contributed by atoms with van der Waals surface area (Å²) in [6, 6.07) is 7.78. The number of phenols is 1. The van der Waals surface area contributed by atoms with E-state index in [4.69, 9.17) is 4.74 Å². The molecule has 1 aromatic heterocycles. The van der Waals surface area contributed by atoms with Gasteiger partial charge >= 0.3 is 0 Å². The quantitative estimate of drug-likeness (QED) is 0.692. The lowest BCUT2D eigenvalue weighted by Crippen LogP contribution is -2.45. The van der Waals surface area contributed by atoms with E-state index in [1.807, 2.05) is 12.1 Å². The minimum Gasteiger partial charge on any atom is -0.508 e. The zero-order valence-corrected chi connectivity index (χ0v) is 12.3. The second kappa shape index (κ2) is 5.55. The normalized spacial score (nSPS) is 14.8. The van der Waals surface area contributed by atoms with Crippen LogP contribution in [0.25, 0.3) is 22.0 Å². The Balaban J connectivity index is 1.74. The van der Waals surface area contributed by atoms with Crippen molar-refractivity contribution >= 4 is 10.9 Å². The molecule has 1 aliphatic heterocycles. The predicted octanol–water partition coefficient (Wildman–Crippen LogP) is 2.67. The molecule has 3 aromatic rings. The summed E-state index contributed by atoms with van der Waals surface area (Å²) in [5.41, 5.74) is 1.88. The van der Waals surface area contributed by atoms with Gasteiger partial charge in [0.2, 0.25) is 0 Å². The van der Waals surface area contributed by atoms with Crippen LogP contribution in [0.3, 0.4) is 0 Å². The van der Waals surface area contributed by atoms with Crippen molar-refractivity contribution in [3.8, 4) is 22.6 Å². The van der Waals surface area contributed by atoms with Crippen molar-refractivity contribution in [3.05, 3.63) is 42.3 Å². The summed E-state index contributed by atoms with van der Waals surface area (Å²) in [7, 11) is 0. The van der Waals surface area contributed by atoms with Crippen LogP contribution in [0, 0.1) is 11.7 Å². The van der Waals surface area contributed by atoms with E-state index in [2.05, 4.69) is 15.5 Å². The lowest BCUT2D eigenvalue weighted by molar-refractivity contribution is 0.201. The maximum absolute atomic E-state index is 14.1. The maximum atomic E-state index is 14.1. The minimum absolute atomic E-state index is 0.0946. The van der Waals surface area contributed by atoms with Gasteiger partial charge in [-0.3, -0.25) is 5.10 Å². The van der Waals surface area contributed by atoms with E-state index >= 15 is 0 Å². The van der Waals surface area contributed by atoms with E-state index in [9.17, 15) is 9.50 Å². The van der Waals surface area contributed by atoms with Gasteiger partial charge in [-0.15, -0.1) is 0 Å². The highest BCUT2D eigenvalue weighted by molar-refractivity contribution is 5.89. The molecule has 23 heavy (non-hydrogen) atoms. The maximum Gasteiger partial charge on any atom is 0.134 e. The minimum atomic E-state index is -0.474. The number of phenolic OH excluding ortho intramolecular Hbond substituents is 1. The Labute approximate surface area is 132 Å². The Morgan fingerprint density at radius 1 is 1.26 bits per heavy atom. The average molecular weight is 313 g/mol. The molecular weight excluding hydrogens is 297 g/mol. The van der Waals surface area contributed by atoms with Gasteiger partial charge in [0.15, 0.2) is 0 Å². The van der Waals surface area contributed by atoms with Gasteiger partial charge in [0.25, 0.3) is 0 Å². The molecule has 0 unspecified atom stereocenters. The third-order valence-electron chi connectivity index (χ3n) is 4.12. The monoisotopic (exact) mass is 313 g/mol. The number of aromatic amines is 1. The highest BCUT2D eigenvalue weighted by atomic mass is 19.1. The van der Waals surface area contributed by atoms with Crippen LogP contribution in [-0.4, -0.2) is 35.0 Å². The molecule has 0 amide bonds. The molecule has 0 atom stereocenters. The molecule has 0 bridgehead atoms. The third kappa shape index (κ3) is 2.61. The van der Waals surface area contributed by atoms with E-state index < -0.39 is 5.82 Å². The summed E-state index contributed by atoms with van der Waals surface area (Å²) < 4.78 is 20.1. The summed E-state index contributed by atoms with van der Waals surface area (Å²) in [6.07, 6.45) is 1.71. The van der Waals surface area contributed by atoms with Crippen molar-refractivity contribution in [2.45, 2.75) is 0 Å². The number of halogens is 1. The fourth-order valence-electron chi connectivity index (χ4n) is 2.71. The van der Waals surface area contributed by atoms with Gasteiger partial charge in [0.1, 0.15) is 17.3 Å². The summed E-state index contributed by atoms with van der Waals surface area (Å²) >= 11 is 0. The fourth-order valence-corrected chi connectivity index (χ4v) is 2.71. The number of hydrogen-bond acceptors (Lipinski definition) is 4. The molecule has 0 radical (unpaired) electrons. The molecule has 2 aromatic carbocycles. The number of ether oxygens (including phenoxy) is 1. The Morgan fingerprint density at radius 2 is 2.13 bits per heavy atom. The molecule has 1 fully saturated rings. The van der Waals surface area contributed by atoms with Crippen molar-refractivity contribution in [3.63, 3.8) is 0 Å². The molecule has 0 saturated carbocycles. The van der Waals surface area contributed by atoms with Crippen molar-refractivity contribution < 1.29 is 14.2 Å². The zero-order valence-electron chi connectivity index (χ0n) is 12.3. The van der Waals surface area contributed by atoms with Crippen LogP contribution >= 0.6 is 0 Å². The first-order chi connectivity index (χ1) is 11.2. The largest absolute Gasteiger partial charge is 0.508 e. The average Bonchev–Trinajstić information content (AvgIpc) is 2.94. The number of H-pyrrole nitrogens is 1. The van der Waals surface area contributed by atoms with Gasteiger partial charge in [0, 0.05) is 30.6 Å². The van der Waals surface area contributed by atoms with Crippen molar-refractivity contribution in [1.82, 2.24) is 15.5 Å². The van der Waals surface area contributed by atoms with Gasteiger partial charge in [-0.05, 0) is 29.8 Å².